The molecule has 2 heterocycles. The van der Waals surface area contributed by atoms with Crippen molar-refractivity contribution in [2.45, 2.75) is 23.8 Å². The molecule has 0 aliphatic carbocycles. The second-order valence-corrected chi connectivity index (χ2v) is 6.69. The molecule has 2 unspecified atom stereocenters. The molecule has 3 nitrogen and oxygen atoms in total. The molecule has 0 amide bonds. The van der Waals surface area contributed by atoms with Crippen LogP contribution in [0.2, 0.25) is 0 Å². The van der Waals surface area contributed by atoms with Crippen molar-refractivity contribution in [2.75, 3.05) is 37.8 Å². The molecular formula is C11H20N2OS2. The molecule has 2 rings (SSSR count). The molecule has 0 aromatic carbocycles. The van der Waals surface area contributed by atoms with Crippen LogP contribution in [0.3, 0.4) is 0 Å². The van der Waals surface area contributed by atoms with Gasteiger partial charge in [-0.05, 0) is 6.42 Å². The van der Waals surface area contributed by atoms with Crippen LogP contribution in [0, 0.1) is 5.41 Å². The molecule has 0 bridgehead atoms. The minimum atomic E-state index is 0.404. The SMILES string of the molecule is CCC1SCCSC1C(=N)N1CCOCC1. The predicted octanol–water partition coefficient (Wildman–Crippen LogP) is 1.92. The number of nitrogens with zero attached hydrogens (tertiary/aromatic N) is 1. The second kappa shape index (κ2) is 6.17. The molecule has 0 saturated carbocycles. The number of amidine groups is 1. The van der Waals surface area contributed by atoms with Gasteiger partial charge in [-0.25, -0.2) is 0 Å². The van der Waals surface area contributed by atoms with Crippen molar-refractivity contribution in [1.82, 2.24) is 4.90 Å². The average molecular weight is 260 g/mol. The highest BCUT2D eigenvalue weighted by molar-refractivity contribution is 8.07. The van der Waals surface area contributed by atoms with Crippen molar-refractivity contribution in [3.63, 3.8) is 0 Å². The zero-order chi connectivity index (χ0) is 11.4. The lowest BCUT2D eigenvalue weighted by Crippen LogP contribution is -2.48. The summed E-state index contributed by atoms with van der Waals surface area (Å²) in [7, 11) is 0. The highest BCUT2D eigenvalue weighted by atomic mass is 32.2. The van der Waals surface area contributed by atoms with Gasteiger partial charge in [0, 0.05) is 29.8 Å². The van der Waals surface area contributed by atoms with Crippen LogP contribution >= 0.6 is 23.5 Å². The summed E-state index contributed by atoms with van der Waals surface area (Å²) >= 11 is 4.01. The van der Waals surface area contributed by atoms with Crippen LogP contribution in [0.5, 0.6) is 0 Å². The van der Waals surface area contributed by atoms with E-state index in [0.717, 1.165) is 32.1 Å². The average Bonchev–Trinajstić information content (AvgIpc) is 2.39. The summed E-state index contributed by atoms with van der Waals surface area (Å²) in [5, 5.41) is 9.39. The minimum absolute atomic E-state index is 0.404. The molecule has 0 aromatic heterocycles. The van der Waals surface area contributed by atoms with E-state index >= 15 is 0 Å². The van der Waals surface area contributed by atoms with Crippen LogP contribution in [0.4, 0.5) is 0 Å². The monoisotopic (exact) mass is 260 g/mol. The lowest BCUT2D eigenvalue weighted by atomic mass is 10.2. The molecule has 2 saturated heterocycles. The van der Waals surface area contributed by atoms with Crippen LogP contribution in [-0.2, 0) is 4.74 Å². The number of ether oxygens (including phenoxy) is 1. The molecule has 0 radical (unpaired) electrons. The van der Waals surface area contributed by atoms with Gasteiger partial charge in [0.25, 0.3) is 0 Å². The fraction of sp³-hybridized carbons (Fsp3) is 0.909. The molecule has 2 fully saturated rings. The van der Waals surface area contributed by atoms with Crippen molar-refractivity contribution in [2.24, 2.45) is 0 Å². The Balaban J connectivity index is 1.95. The number of thioether (sulfide) groups is 2. The molecule has 2 atom stereocenters. The summed E-state index contributed by atoms with van der Waals surface area (Å²) in [4.78, 5) is 2.20. The Hall–Kier alpha value is 0.130. The van der Waals surface area contributed by atoms with Gasteiger partial charge >= 0.3 is 0 Å². The highest BCUT2D eigenvalue weighted by Gasteiger charge is 2.31. The standard InChI is InChI=1S/C11H20N2OS2/c1-2-9-10(16-8-7-15-9)11(12)13-3-5-14-6-4-13/h9-10,12H,2-8H2,1H3. The van der Waals surface area contributed by atoms with Gasteiger partial charge in [-0.2, -0.15) is 11.8 Å². The van der Waals surface area contributed by atoms with E-state index in [1.165, 1.54) is 17.9 Å². The van der Waals surface area contributed by atoms with E-state index in [2.05, 4.69) is 11.8 Å². The van der Waals surface area contributed by atoms with Crippen molar-refractivity contribution in [3.8, 4) is 0 Å². The third-order valence-electron chi connectivity index (χ3n) is 3.07. The fourth-order valence-electron chi connectivity index (χ4n) is 2.14. The first-order chi connectivity index (χ1) is 7.83. The number of nitrogens with one attached hydrogen (secondary N) is 1. The largest absolute Gasteiger partial charge is 0.378 e. The third kappa shape index (κ3) is 2.87. The Morgan fingerprint density at radius 2 is 2.00 bits per heavy atom. The maximum atomic E-state index is 8.35. The Bertz CT molecular complexity index is 244. The summed E-state index contributed by atoms with van der Waals surface area (Å²) < 4.78 is 5.34. The van der Waals surface area contributed by atoms with E-state index in [0.29, 0.717) is 10.5 Å². The minimum Gasteiger partial charge on any atom is -0.378 e. The third-order valence-corrected chi connectivity index (χ3v) is 6.33. The van der Waals surface area contributed by atoms with Gasteiger partial charge in [0.1, 0.15) is 5.84 Å². The van der Waals surface area contributed by atoms with Gasteiger partial charge < -0.3 is 9.64 Å². The van der Waals surface area contributed by atoms with Gasteiger partial charge in [-0.3, -0.25) is 5.41 Å². The summed E-state index contributed by atoms with van der Waals surface area (Å²) in [5.41, 5.74) is 0. The summed E-state index contributed by atoms with van der Waals surface area (Å²) in [5.74, 6) is 3.28. The van der Waals surface area contributed by atoms with E-state index in [-0.39, 0.29) is 0 Å². The summed E-state index contributed by atoms with van der Waals surface area (Å²) in [6.07, 6.45) is 1.18. The van der Waals surface area contributed by atoms with E-state index in [4.69, 9.17) is 10.1 Å². The van der Waals surface area contributed by atoms with Crippen molar-refractivity contribution in [1.29, 1.82) is 5.41 Å². The zero-order valence-electron chi connectivity index (χ0n) is 9.78. The lowest BCUT2D eigenvalue weighted by Gasteiger charge is -2.37. The summed E-state index contributed by atoms with van der Waals surface area (Å²) in [6, 6.07) is 0. The topological polar surface area (TPSA) is 36.3 Å². The van der Waals surface area contributed by atoms with Crippen molar-refractivity contribution in [3.05, 3.63) is 0 Å². The van der Waals surface area contributed by atoms with E-state index in [9.17, 15) is 0 Å². The Morgan fingerprint density at radius 3 is 2.69 bits per heavy atom. The first-order valence-electron chi connectivity index (χ1n) is 5.97. The van der Waals surface area contributed by atoms with E-state index in [1.807, 2.05) is 23.5 Å². The van der Waals surface area contributed by atoms with Crippen LogP contribution in [0.25, 0.3) is 0 Å². The second-order valence-electron chi connectivity index (χ2n) is 4.09. The van der Waals surface area contributed by atoms with Crippen molar-refractivity contribution >= 4 is 29.4 Å². The number of rotatable bonds is 2. The number of hydrogen-bond donors (Lipinski definition) is 1. The normalized spacial score (nSPS) is 31.4. The Morgan fingerprint density at radius 1 is 1.31 bits per heavy atom. The Labute approximate surface area is 106 Å². The first kappa shape index (κ1) is 12.6. The Kier molecular flexibility index (Phi) is 4.85. The lowest BCUT2D eigenvalue weighted by molar-refractivity contribution is 0.0670. The number of morpholine rings is 1. The zero-order valence-corrected chi connectivity index (χ0v) is 11.4. The molecule has 2 aliphatic rings. The fourth-order valence-corrected chi connectivity index (χ4v) is 5.19. The smallest absolute Gasteiger partial charge is 0.110 e. The molecule has 16 heavy (non-hydrogen) atoms. The quantitative estimate of drug-likeness (QED) is 0.608. The van der Waals surface area contributed by atoms with Crippen LogP contribution < -0.4 is 0 Å². The highest BCUT2D eigenvalue weighted by Crippen LogP contribution is 2.34. The first-order valence-corrected chi connectivity index (χ1v) is 8.07. The van der Waals surface area contributed by atoms with Crippen molar-refractivity contribution < 1.29 is 4.74 Å². The van der Waals surface area contributed by atoms with Gasteiger partial charge in [-0.15, -0.1) is 11.8 Å². The molecule has 0 spiro atoms. The number of hydrogen-bond acceptors (Lipinski definition) is 4. The maximum Gasteiger partial charge on any atom is 0.110 e. The van der Waals surface area contributed by atoms with Gasteiger partial charge in [0.2, 0.25) is 0 Å². The van der Waals surface area contributed by atoms with Gasteiger partial charge in [-0.1, -0.05) is 6.92 Å². The predicted molar refractivity (Wildman–Crippen MR) is 72.9 cm³/mol. The molecule has 0 aromatic rings. The van der Waals surface area contributed by atoms with E-state index < -0.39 is 0 Å². The van der Waals surface area contributed by atoms with Crippen LogP contribution in [0.15, 0.2) is 0 Å². The van der Waals surface area contributed by atoms with Crippen LogP contribution in [-0.4, -0.2) is 59.0 Å². The maximum absolute atomic E-state index is 8.35. The van der Waals surface area contributed by atoms with Crippen LogP contribution in [0.1, 0.15) is 13.3 Å². The summed E-state index contributed by atoms with van der Waals surface area (Å²) in [6.45, 7) is 5.60. The molecule has 2 aliphatic heterocycles. The van der Waals surface area contributed by atoms with E-state index in [1.54, 1.807) is 0 Å². The van der Waals surface area contributed by atoms with Gasteiger partial charge in [0.15, 0.2) is 0 Å². The molecule has 1 N–H and O–H groups in total. The van der Waals surface area contributed by atoms with Gasteiger partial charge in [0.05, 0.1) is 18.5 Å². The molecule has 92 valence electrons. The molecular weight excluding hydrogens is 240 g/mol. The molecule has 5 heteroatoms.